The molecule has 4 rings (SSSR count). The van der Waals surface area contributed by atoms with Crippen LogP contribution >= 0.6 is 0 Å². The van der Waals surface area contributed by atoms with Crippen molar-refractivity contribution >= 4 is 28.8 Å². The number of aryl methyl sites for hydroxylation is 3. The molecule has 30 heavy (non-hydrogen) atoms. The van der Waals surface area contributed by atoms with Gasteiger partial charge in [-0.15, -0.1) is 0 Å². The van der Waals surface area contributed by atoms with Crippen molar-refractivity contribution in [2.75, 3.05) is 10.2 Å². The van der Waals surface area contributed by atoms with Crippen LogP contribution in [0.25, 0.3) is 5.57 Å². The summed E-state index contributed by atoms with van der Waals surface area (Å²) in [5.74, 6) is -0.663. The lowest BCUT2D eigenvalue weighted by Crippen LogP contribution is -2.32. The molecule has 0 aromatic heterocycles. The van der Waals surface area contributed by atoms with Crippen LogP contribution in [0.4, 0.5) is 11.4 Å². The van der Waals surface area contributed by atoms with Crippen LogP contribution in [0.5, 0.6) is 0 Å². The van der Waals surface area contributed by atoms with Gasteiger partial charge in [0.1, 0.15) is 5.70 Å². The molecular formula is C26H24N2O2. The Labute approximate surface area is 176 Å². The van der Waals surface area contributed by atoms with Crippen molar-refractivity contribution in [3.8, 4) is 0 Å². The number of rotatable bonds is 4. The fourth-order valence-corrected chi connectivity index (χ4v) is 3.66. The standard InChI is InChI=1S/C26H24N2O2/c1-16-11-13-20(14-12-16)23-24(27-22-10-6-8-18(3)19(22)4)26(30)28(25(23)29)21-9-5-7-17(2)15-21/h5-15,27H,1-4H3. The summed E-state index contributed by atoms with van der Waals surface area (Å²) in [6.45, 7) is 7.96. The van der Waals surface area contributed by atoms with Gasteiger partial charge in [0, 0.05) is 5.69 Å². The molecule has 0 aliphatic carbocycles. The minimum atomic E-state index is -0.345. The molecule has 0 fully saturated rings. The predicted octanol–water partition coefficient (Wildman–Crippen LogP) is 5.32. The number of hydrogen-bond acceptors (Lipinski definition) is 3. The van der Waals surface area contributed by atoms with Gasteiger partial charge in [-0.25, -0.2) is 4.90 Å². The van der Waals surface area contributed by atoms with Crippen LogP contribution in [0, 0.1) is 27.7 Å². The van der Waals surface area contributed by atoms with E-state index in [1.54, 1.807) is 6.07 Å². The lowest BCUT2D eigenvalue weighted by molar-refractivity contribution is -0.120. The van der Waals surface area contributed by atoms with E-state index in [2.05, 4.69) is 5.32 Å². The number of amides is 2. The number of benzene rings is 3. The van der Waals surface area contributed by atoms with Crippen LogP contribution in [0.1, 0.15) is 27.8 Å². The Morgan fingerprint density at radius 1 is 0.733 bits per heavy atom. The van der Waals surface area contributed by atoms with Crippen molar-refractivity contribution < 1.29 is 9.59 Å². The first kappa shape index (κ1) is 19.6. The molecule has 4 heteroatoms. The van der Waals surface area contributed by atoms with Gasteiger partial charge in [0.2, 0.25) is 0 Å². The molecule has 3 aromatic rings. The smallest absolute Gasteiger partial charge is 0.282 e. The molecular weight excluding hydrogens is 372 g/mol. The summed E-state index contributed by atoms with van der Waals surface area (Å²) < 4.78 is 0. The van der Waals surface area contributed by atoms with Crippen molar-refractivity contribution in [1.29, 1.82) is 0 Å². The fourth-order valence-electron chi connectivity index (χ4n) is 3.66. The third-order valence-corrected chi connectivity index (χ3v) is 5.55. The number of imide groups is 1. The first-order chi connectivity index (χ1) is 14.4. The van der Waals surface area contributed by atoms with E-state index in [0.29, 0.717) is 17.0 Å². The van der Waals surface area contributed by atoms with Crippen LogP contribution < -0.4 is 10.2 Å². The van der Waals surface area contributed by atoms with E-state index >= 15 is 0 Å². The second-order valence-electron chi connectivity index (χ2n) is 7.77. The number of carbonyl (C=O) groups excluding carboxylic acids is 2. The number of nitrogens with zero attached hydrogens (tertiary/aromatic N) is 1. The van der Waals surface area contributed by atoms with Gasteiger partial charge >= 0.3 is 0 Å². The lowest BCUT2D eigenvalue weighted by Gasteiger charge is -2.16. The molecule has 0 bridgehead atoms. The van der Waals surface area contributed by atoms with Gasteiger partial charge in [-0.3, -0.25) is 9.59 Å². The molecule has 1 aliphatic rings. The maximum Gasteiger partial charge on any atom is 0.282 e. The van der Waals surface area contributed by atoms with Gasteiger partial charge < -0.3 is 5.32 Å². The molecule has 1 N–H and O–H groups in total. The highest BCUT2D eigenvalue weighted by molar-refractivity contribution is 6.46. The quantitative estimate of drug-likeness (QED) is 0.608. The molecule has 0 radical (unpaired) electrons. The zero-order valence-corrected chi connectivity index (χ0v) is 17.6. The number of hydrogen-bond donors (Lipinski definition) is 1. The summed E-state index contributed by atoms with van der Waals surface area (Å²) >= 11 is 0. The van der Waals surface area contributed by atoms with Crippen molar-refractivity contribution in [2.45, 2.75) is 27.7 Å². The van der Waals surface area contributed by atoms with E-state index < -0.39 is 0 Å². The molecule has 150 valence electrons. The molecule has 0 unspecified atom stereocenters. The average molecular weight is 396 g/mol. The van der Waals surface area contributed by atoms with E-state index in [0.717, 1.165) is 33.5 Å². The Bertz CT molecular complexity index is 1190. The molecule has 0 saturated carbocycles. The first-order valence-electron chi connectivity index (χ1n) is 9.97. The maximum atomic E-state index is 13.5. The van der Waals surface area contributed by atoms with Crippen LogP contribution in [0.15, 0.2) is 72.4 Å². The molecule has 1 aliphatic heterocycles. The van der Waals surface area contributed by atoms with E-state index in [1.165, 1.54) is 4.90 Å². The summed E-state index contributed by atoms with van der Waals surface area (Å²) in [6, 6.07) is 21.0. The third kappa shape index (κ3) is 3.41. The summed E-state index contributed by atoms with van der Waals surface area (Å²) in [5, 5.41) is 3.28. The van der Waals surface area contributed by atoms with Crippen molar-refractivity contribution in [3.63, 3.8) is 0 Å². The summed E-state index contributed by atoms with van der Waals surface area (Å²) in [5.41, 5.74) is 7.06. The number of carbonyl (C=O) groups is 2. The van der Waals surface area contributed by atoms with Crippen molar-refractivity contribution in [1.82, 2.24) is 0 Å². The second kappa shape index (κ2) is 7.64. The molecule has 0 spiro atoms. The number of nitrogens with one attached hydrogen (secondary N) is 1. The van der Waals surface area contributed by atoms with Gasteiger partial charge in [-0.2, -0.15) is 0 Å². The minimum absolute atomic E-state index is 0.305. The van der Waals surface area contributed by atoms with Gasteiger partial charge in [-0.05, 0) is 68.1 Å². The third-order valence-electron chi connectivity index (χ3n) is 5.55. The topological polar surface area (TPSA) is 49.4 Å². The van der Waals surface area contributed by atoms with Crippen molar-refractivity contribution in [2.24, 2.45) is 0 Å². The first-order valence-corrected chi connectivity index (χ1v) is 9.97. The molecule has 1 heterocycles. The monoisotopic (exact) mass is 396 g/mol. The Hall–Kier alpha value is -3.66. The van der Waals surface area contributed by atoms with Crippen LogP contribution in [-0.2, 0) is 9.59 Å². The predicted molar refractivity (Wildman–Crippen MR) is 121 cm³/mol. The zero-order valence-electron chi connectivity index (χ0n) is 17.6. The second-order valence-corrected chi connectivity index (χ2v) is 7.77. The van der Waals surface area contributed by atoms with Crippen LogP contribution in [-0.4, -0.2) is 11.8 Å². The van der Waals surface area contributed by atoms with E-state index in [4.69, 9.17) is 0 Å². The fraction of sp³-hybridized carbons (Fsp3) is 0.154. The lowest BCUT2D eigenvalue weighted by atomic mass is 10.0. The van der Waals surface area contributed by atoms with Gasteiger partial charge in [0.05, 0.1) is 11.3 Å². The van der Waals surface area contributed by atoms with Crippen LogP contribution in [0.3, 0.4) is 0 Å². The van der Waals surface area contributed by atoms with Gasteiger partial charge in [0.25, 0.3) is 11.8 Å². The SMILES string of the molecule is Cc1ccc(C2=C(Nc3cccc(C)c3C)C(=O)N(c3cccc(C)c3)C2=O)cc1. The Morgan fingerprint density at radius 3 is 2.13 bits per heavy atom. The van der Waals surface area contributed by atoms with Gasteiger partial charge in [-0.1, -0.05) is 54.1 Å². The molecule has 4 nitrogen and oxygen atoms in total. The summed E-state index contributed by atoms with van der Waals surface area (Å²) in [6.07, 6.45) is 0. The van der Waals surface area contributed by atoms with Crippen LogP contribution in [0.2, 0.25) is 0 Å². The molecule has 0 atom stereocenters. The van der Waals surface area contributed by atoms with Crippen molar-refractivity contribution in [3.05, 3.63) is 100 Å². The summed E-state index contributed by atoms with van der Waals surface area (Å²) in [4.78, 5) is 28.2. The Balaban J connectivity index is 1.86. The minimum Gasteiger partial charge on any atom is -0.350 e. The number of anilines is 2. The molecule has 0 saturated heterocycles. The van der Waals surface area contributed by atoms with E-state index in [1.807, 2.05) is 88.4 Å². The highest BCUT2D eigenvalue weighted by atomic mass is 16.2. The van der Waals surface area contributed by atoms with E-state index in [-0.39, 0.29) is 11.8 Å². The van der Waals surface area contributed by atoms with Gasteiger partial charge in [0.15, 0.2) is 0 Å². The largest absolute Gasteiger partial charge is 0.350 e. The van der Waals surface area contributed by atoms with E-state index in [9.17, 15) is 9.59 Å². The maximum absolute atomic E-state index is 13.5. The normalized spacial score (nSPS) is 13.9. The highest BCUT2D eigenvalue weighted by Gasteiger charge is 2.40. The Morgan fingerprint density at radius 2 is 1.43 bits per heavy atom. The highest BCUT2D eigenvalue weighted by Crippen LogP contribution is 2.34. The molecule has 2 amide bonds. The molecule has 3 aromatic carbocycles. The zero-order chi connectivity index (χ0) is 21.4. The average Bonchev–Trinajstić information content (AvgIpc) is 2.96. The Kier molecular flexibility index (Phi) is 5.00. The summed E-state index contributed by atoms with van der Waals surface area (Å²) in [7, 11) is 0.